The second kappa shape index (κ2) is 21.8. The van der Waals surface area contributed by atoms with Crippen LogP contribution >= 0.6 is 0 Å². The predicted molar refractivity (Wildman–Crippen MR) is 124 cm³/mol. The normalized spacial score (nSPS) is 12.0. The standard InChI is InChI=1S/C24H51FO2Si/c1-4-5-6-7-8-9-10-11-12-14-17-20-23-28(26-2,27-3)24-21-18-15-13-16-19-22-25/h4-24H2,1-3H3. The molecule has 0 aliphatic carbocycles. The Bertz CT molecular complexity index is 298. The van der Waals surface area contributed by atoms with Crippen molar-refractivity contribution in [2.75, 3.05) is 20.9 Å². The zero-order chi connectivity index (χ0) is 20.8. The summed E-state index contributed by atoms with van der Waals surface area (Å²) >= 11 is 0. The Morgan fingerprint density at radius 3 is 1.14 bits per heavy atom. The molecule has 0 saturated carbocycles. The van der Waals surface area contributed by atoms with Gasteiger partial charge in [0.2, 0.25) is 0 Å². The number of hydrogen-bond donors (Lipinski definition) is 0. The van der Waals surface area contributed by atoms with E-state index in [9.17, 15) is 4.39 Å². The molecule has 0 unspecified atom stereocenters. The summed E-state index contributed by atoms with van der Waals surface area (Å²) in [6.07, 6.45) is 23.2. The topological polar surface area (TPSA) is 18.5 Å². The van der Waals surface area contributed by atoms with Gasteiger partial charge in [-0.2, -0.15) is 0 Å². The third-order valence-electron chi connectivity index (χ3n) is 6.10. The van der Waals surface area contributed by atoms with E-state index in [-0.39, 0.29) is 6.67 Å². The Morgan fingerprint density at radius 2 is 0.821 bits per heavy atom. The van der Waals surface area contributed by atoms with Gasteiger partial charge in [0.05, 0.1) is 6.67 Å². The van der Waals surface area contributed by atoms with Crippen molar-refractivity contribution < 1.29 is 13.2 Å². The van der Waals surface area contributed by atoms with Crippen molar-refractivity contribution in [3.8, 4) is 0 Å². The molecule has 0 N–H and O–H groups in total. The molecule has 0 fully saturated rings. The average Bonchev–Trinajstić information content (AvgIpc) is 2.72. The molecule has 0 radical (unpaired) electrons. The number of hydrogen-bond acceptors (Lipinski definition) is 2. The largest absolute Gasteiger partial charge is 0.398 e. The fourth-order valence-corrected chi connectivity index (χ4v) is 6.86. The lowest BCUT2D eigenvalue weighted by Gasteiger charge is -2.27. The fraction of sp³-hybridized carbons (Fsp3) is 1.00. The Balaban J connectivity index is 3.61. The molecule has 0 amide bonds. The monoisotopic (exact) mass is 418 g/mol. The summed E-state index contributed by atoms with van der Waals surface area (Å²) in [5.41, 5.74) is 0. The highest BCUT2D eigenvalue weighted by Gasteiger charge is 2.33. The Labute approximate surface area is 177 Å². The van der Waals surface area contributed by atoms with Crippen LogP contribution in [0.2, 0.25) is 12.1 Å². The second-order valence-corrected chi connectivity index (χ2v) is 12.2. The number of rotatable bonds is 23. The minimum absolute atomic E-state index is 0.164. The number of unbranched alkanes of at least 4 members (excludes halogenated alkanes) is 16. The molecule has 0 aromatic rings. The highest BCUT2D eigenvalue weighted by Crippen LogP contribution is 2.25. The van der Waals surface area contributed by atoms with Crippen molar-refractivity contribution in [3.63, 3.8) is 0 Å². The van der Waals surface area contributed by atoms with Gasteiger partial charge in [-0.05, 0) is 18.5 Å². The van der Waals surface area contributed by atoms with Crippen LogP contribution in [0, 0.1) is 0 Å². The van der Waals surface area contributed by atoms with Crippen LogP contribution in [0.5, 0.6) is 0 Å². The van der Waals surface area contributed by atoms with Crippen LogP contribution in [0.1, 0.15) is 122 Å². The van der Waals surface area contributed by atoms with Gasteiger partial charge in [-0.15, -0.1) is 0 Å². The van der Waals surface area contributed by atoms with Crippen LogP contribution in [0.4, 0.5) is 4.39 Å². The van der Waals surface area contributed by atoms with Gasteiger partial charge in [0.15, 0.2) is 0 Å². The Hall–Kier alpha value is 0.0669. The molecular weight excluding hydrogens is 367 g/mol. The van der Waals surface area contributed by atoms with Crippen LogP contribution in [0.3, 0.4) is 0 Å². The van der Waals surface area contributed by atoms with Crippen LogP contribution in [0.25, 0.3) is 0 Å². The Kier molecular flexibility index (Phi) is 21.8. The van der Waals surface area contributed by atoms with Gasteiger partial charge in [0, 0.05) is 14.2 Å². The van der Waals surface area contributed by atoms with E-state index in [0.29, 0.717) is 0 Å². The lowest BCUT2D eigenvalue weighted by atomic mass is 10.1. The van der Waals surface area contributed by atoms with E-state index < -0.39 is 8.56 Å². The highest BCUT2D eigenvalue weighted by atomic mass is 28.4. The number of alkyl halides is 1. The van der Waals surface area contributed by atoms with Gasteiger partial charge >= 0.3 is 8.56 Å². The molecule has 0 heterocycles. The van der Waals surface area contributed by atoms with E-state index in [1.807, 2.05) is 14.2 Å². The summed E-state index contributed by atoms with van der Waals surface area (Å²) in [6, 6.07) is 2.25. The maximum absolute atomic E-state index is 12.1. The van der Waals surface area contributed by atoms with E-state index >= 15 is 0 Å². The van der Waals surface area contributed by atoms with Crippen molar-refractivity contribution in [1.82, 2.24) is 0 Å². The quantitative estimate of drug-likeness (QED) is 0.122. The molecule has 0 saturated heterocycles. The van der Waals surface area contributed by atoms with Gasteiger partial charge in [-0.1, -0.05) is 116 Å². The van der Waals surface area contributed by atoms with Gasteiger partial charge in [0.1, 0.15) is 0 Å². The van der Waals surface area contributed by atoms with Crippen LogP contribution in [-0.4, -0.2) is 29.5 Å². The van der Waals surface area contributed by atoms with Crippen LogP contribution in [0.15, 0.2) is 0 Å². The molecule has 0 aliphatic rings. The molecule has 0 bridgehead atoms. The molecular formula is C24H51FO2Si. The van der Waals surface area contributed by atoms with Crippen molar-refractivity contribution in [1.29, 1.82) is 0 Å². The third-order valence-corrected chi connectivity index (χ3v) is 9.82. The summed E-state index contributed by atoms with van der Waals surface area (Å²) in [6.45, 7) is 2.12. The SMILES string of the molecule is CCCCCCCCCCCCCC[Si](CCCCCCCCF)(OC)OC. The first-order valence-electron chi connectivity index (χ1n) is 12.4. The first-order chi connectivity index (χ1) is 13.7. The van der Waals surface area contributed by atoms with E-state index in [4.69, 9.17) is 8.85 Å². The van der Waals surface area contributed by atoms with Crippen LogP contribution < -0.4 is 0 Å². The second-order valence-electron chi connectivity index (χ2n) is 8.52. The van der Waals surface area contributed by atoms with Crippen molar-refractivity contribution in [2.24, 2.45) is 0 Å². The summed E-state index contributed by atoms with van der Waals surface area (Å²) in [7, 11) is 1.71. The lowest BCUT2D eigenvalue weighted by molar-refractivity contribution is 0.238. The molecule has 0 aromatic heterocycles. The van der Waals surface area contributed by atoms with Crippen molar-refractivity contribution in [3.05, 3.63) is 0 Å². The van der Waals surface area contributed by atoms with Gasteiger partial charge in [0.25, 0.3) is 0 Å². The summed E-state index contributed by atoms with van der Waals surface area (Å²) < 4.78 is 23.9. The molecule has 0 spiro atoms. The van der Waals surface area contributed by atoms with Gasteiger partial charge in [-0.25, -0.2) is 0 Å². The fourth-order valence-electron chi connectivity index (χ4n) is 4.05. The predicted octanol–water partition coefficient (Wildman–Crippen LogP) is 8.73. The molecule has 0 rings (SSSR count). The molecule has 0 atom stereocenters. The number of halogens is 1. The smallest absolute Gasteiger partial charge is 0.337 e. The van der Waals surface area contributed by atoms with Gasteiger partial charge < -0.3 is 8.85 Å². The minimum atomic E-state index is -1.98. The van der Waals surface area contributed by atoms with E-state index in [1.165, 1.54) is 96.3 Å². The first kappa shape index (κ1) is 28.1. The zero-order valence-electron chi connectivity index (χ0n) is 19.5. The minimum Gasteiger partial charge on any atom is -0.398 e. The van der Waals surface area contributed by atoms with Crippen LogP contribution in [-0.2, 0) is 8.85 Å². The summed E-state index contributed by atoms with van der Waals surface area (Å²) in [4.78, 5) is 0. The maximum atomic E-state index is 12.1. The van der Waals surface area contributed by atoms with E-state index in [0.717, 1.165) is 31.4 Å². The first-order valence-corrected chi connectivity index (χ1v) is 14.6. The average molecular weight is 419 g/mol. The lowest BCUT2D eigenvalue weighted by Crippen LogP contribution is -2.39. The van der Waals surface area contributed by atoms with Crippen molar-refractivity contribution >= 4 is 8.56 Å². The molecule has 2 nitrogen and oxygen atoms in total. The molecule has 4 heteroatoms. The van der Waals surface area contributed by atoms with E-state index in [2.05, 4.69) is 6.92 Å². The zero-order valence-corrected chi connectivity index (χ0v) is 20.5. The third kappa shape index (κ3) is 17.0. The van der Waals surface area contributed by atoms with E-state index in [1.54, 1.807) is 0 Å². The highest BCUT2D eigenvalue weighted by molar-refractivity contribution is 6.67. The summed E-state index contributed by atoms with van der Waals surface area (Å²) in [5, 5.41) is 0. The molecule has 0 aromatic carbocycles. The molecule has 28 heavy (non-hydrogen) atoms. The van der Waals surface area contributed by atoms with Gasteiger partial charge in [-0.3, -0.25) is 4.39 Å². The maximum Gasteiger partial charge on any atom is 0.337 e. The molecule has 170 valence electrons. The summed E-state index contributed by atoms with van der Waals surface area (Å²) in [5.74, 6) is 0. The van der Waals surface area contributed by atoms with Crippen molar-refractivity contribution in [2.45, 2.75) is 135 Å². The molecule has 0 aliphatic heterocycles. The Morgan fingerprint density at radius 1 is 0.500 bits per heavy atom.